The van der Waals surface area contributed by atoms with Gasteiger partial charge in [0.15, 0.2) is 6.61 Å². The number of benzene rings is 1. The Morgan fingerprint density at radius 1 is 1.25 bits per heavy atom. The predicted molar refractivity (Wildman–Crippen MR) is 50.9 cm³/mol. The molecule has 1 aromatic carbocycles. The summed E-state index contributed by atoms with van der Waals surface area (Å²) in [6.07, 6.45) is -3.79. The molecule has 6 heteroatoms. The molecule has 0 aliphatic carbocycles. The van der Waals surface area contributed by atoms with E-state index in [0.717, 1.165) is 5.56 Å². The summed E-state index contributed by atoms with van der Waals surface area (Å²) >= 11 is 0. The van der Waals surface area contributed by atoms with Crippen molar-refractivity contribution in [3.63, 3.8) is 0 Å². The summed E-state index contributed by atoms with van der Waals surface area (Å²) in [7, 11) is 0. The van der Waals surface area contributed by atoms with Crippen molar-refractivity contribution in [2.24, 2.45) is 0 Å². The van der Waals surface area contributed by atoms with Gasteiger partial charge in [-0.05, 0) is 17.7 Å². The van der Waals surface area contributed by atoms with Crippen molar-refractivity contribution in [3.05, 3.63) is 29.8 Å². The van der Waals surface area contributed by atoms with Crippen LogP contribution >= 0.6 is 0 Å². The van der Waals surface area contributed by atoms with Crippen molar-refractivity contribution in [2.45, 2.75) is 12.7 Å². The number of hydrogen-bond donors (Lipinski definition) is 1. The Kier molecular flexibility index (Phi) is 4.16. The molecule has 1 N–H and O–H groups in total. The topological polar surface area (TPSA) is 38.3 Å². The quantitative estimate of drug-likeness (QED) is 0.788. The van der Waals surface area contributed by atoms with Crippen LogP contribution in [-0.4, -0.2) is 19.2 Å². The zero-order valence-corrected chi connectivity index (χ0v) is 8.25. The van der Waals surface area contributed by atoms with Crippen molar-refractivity contribution in [1.29, 1.82) is 0 Å². The SMILES string of the molecule is O=CNCc1ccc(OCC(F)(F)F)cc1. The summed E-state index contributed by atoms with van der Waals surface area (Å²) in [6.45, 7) is -0.970. The number of amides is 1. The summed E-state index contributed by atoms with van der Waals surface area (Å²) in [5, 5.41) is 2.44. The van der Waals surface area contributed by atoms with Crippen molar-refractivity contribution in [2.75, 3.05) is 6.61 Å². The summed E-state index contributed by atoms with van der Waals surface area (Å²) in [6, 6.07) is 6.02. The van der Waals surface area contributed by atoms with Gasteiger partial charge >= 0.3 is 6.18 Å². The van der Waals surface area contributed by atoms with Crippen molar-refractivity contribution >= 4 is 6.41 Å². The summed E-state index contributed by atoms with van der Waals surface area (Å²) in [5.74, 6) is 0.146. The molecule has 0 heterocycles. The highest BCUT2D eigenvalue weighted by Crippen LogP contribution is 2.18. The van der Waals surface area contributed by atoms with Crippen LogP contribution in [0.1, 0.15) is 5.56 Å². The third-order valence-electron chi connectivity index (χ3n) is 1.72. The van der Waals surface area contributed by atoms with Gasteiger partial charge in [0, 0.05) is 6.54 Å². The lowest BCUT2D eigenvalue weighted by Crippen LogP contribution is -2.19. The number of rotatable bonds is 5. The molecule has 1 aromatic rings. The maximum atomic E-state index is 11.8. The highest BCUT2D eigenvalue weighted by Gasteiger charge is 2.28. The predicted octanol–water partition coefficient (Wildman–Crippen LogP) is 1.87. The maximum Gasteiger partial charge on any atom is 0.422 e. The van der Waals surface area contributed by atoms with Gasteiger partial charge in [-0.2, -0.15) is 13.2 Å². The lowest BCUT2D eigenvalue weighted by atomic mass is 10.2. The van der Waals surface area contributed by atoms with E-state index in [1.54, 1.807) is 12.1 Å². The zero-order chi connectivity index (χ0) is 12.0. The van der Waals surface area contributed by atoms with Gasteiger partial charge < -0.3 is 10.1 Å². The second-order valence-electron chi connectivity index (χ2n) is 3.05. The largest absolute Gasteiger partial charge is 0.484 e. The lowest BCUT2D eigenvalue weighted by Gasteiger charge is -2.09. The van der Waals surface area contributed by atoms with Gasteiger partial charge in [-0.3, -0.25) is 4.79 Å². The van der Waals surface area contributed by atoms with E-state index in [-0.39, 0.29) is 5.75 Å². The lowest BCUT2D eigenvalue weighted by molar-refractivity contribution is -0.153. The molecule has 0 bridgehead atoms. The number of nitrogens with one attached hydrogen (secondary N) is 1. The minimum atomic E-state index is -4.34. The van der Waals surface area contributed by atoms with Gasteiger partial charge in [0.05, 0.1) is 0 Å². The molecule has 0 spiro atoms. The van der Waals surface area contributed by atoms with Crippen molar-refractivity contribution in [1.82, 2.24) is 5.32 Å². The highest BCUT2D eigenvalue weighted by molar-refractivity contribution is 5.46. The molecule has 0 aliphatic heterocycles. The molecule has 1 amide bonds. The van der Waals surface area contributed by atoms with Crippen LogP contribution in [0.2, 0.25) is 0 Å². The molecule has 0 aliphatic rings. The first-order chi connectivity index (χ1) is 7.51. The zero-order valence-electron chi connectivity index (χ0n) is 8.25. The Morgan fingerprint density at radius 3 is 2.38 bits per heavy atom. The number of carbonyl (C=O) groups is 1. The van der Waals surface area contributed by atoms with Gasteiger partial charge in [-0.1, -0.05) is 12.1 Å². The molecule has 1 rings (SSSR count). The van der Waals surface area contributed by atoms with E-state index in [0.29, 0.717) is 13.0 Å². The Hall–Kier alpha value is -1.72. The molecule has 3 nitrogen and oxygen atoms in total. The van der Waals surface area contributed by atoms with Crippen LogP contribution in [0.4, 0.5) is 13.2 Å². The molecule has 0 atom stereocenters. The van der Waals surface area contributed by atoms with Crippen molar-refractivity contribution < 1.29 is 22.7 Å². The van der Waals surface area contributed by atoms with Crippen molar-refractivity contribution in [3.8, 4) is 5.75 Å². The van der Waals surface area contributed by atoms with Crippen LogP contribution in [-0.2, 0) is 11.3 Å². The van der Waals surface area contributed by atoms with E-state index in [1.807, 2.05) is 0 Å². The molecule has 0 fully saturated rings. The fourth-order valence-corrected chi connectivity index (χ4v) is 1.03. The normalized spacial score (nSPS) is 10.9. The Morgan fingerprint density at radius 2 is 1.88 bits per heavy atom. The standard InChI is InChI=1S/C10H10F3NO2/c11-10(12,13)6-16-9-3-1-8(2-4-9)5-14-7-15/h1-4,7H,5-6H2,(H,14,15). The third-order valence-corrected chi connectivity index (χ3v) is 1.72. The number of carbonyl (C=O) groups excluding carboxylic acids is 1. The Labute approximate surface area is 90.2 Å². The minimum Gasteiger partial charge on any atom is -0.484 e. The van der Waals surface area contributed by atoms with Crippen LogP contribution in [0.25, 0.3) is 0 Å². The van der Waals surface area contributed by atoms with Gasteiger partial charge in [0.1, 0.15) is 5.75 Å². The summed E-state index contributed by atoms with van der Waals surface area (Å²) < 4.78 is 40.0. The monoisotopic (exact) mass is 233 g/mol. The van der Waals surface area contributed by atoms with E-state index in [1.165, 1.54) is 12.1 Å². The van der Waals surface area contributed by atoms with Crippen LogP contribution < -0.4 is 10.1 Å². The number of ether oxygens (including phenoxy) is 1. The fraction of sp³-hybridized carbons (Fsp3) is 0.300. The summed E-state index contributed by atoms with van der Waals surface area (Å²) in [4.78, 5) is 10.00. The molecule has 88 valence electrons. The van der Waals surface area contributed by atoms with E-state index in [4.69, 9.17) is 0 Å². The van der Waals surface area contributed by atoms with E-state index in [2.05, 4.69) is 10.1 Å². The van der Waals surface area contributed by atoms with E-state index < -0.39 is 12.8 Å². The first-order valence-corrected chi connectivity index (χ1v) is 4.47. The molecule has 0 aromatic heterocycles. The minimum absolute atomic E-state index is 0.146. The number of alkyl halides is 3. The maximum absolute atomic E-state index is 11.8. The van der Waals surface area contributed by atoms with Gasteiger partial charge in [0.2, 0.25) is 6.41 Å². The number of halogens is 3. The van der Waals surface area contributed by atoms with Gasteiger partial charge in [-0.15, -0.1) is 0 Å². The van der Waals surface area contributed by atoms with Crippen LogP contribution in [0.15, 0.2) is 24.3 Å². The second-order valence-corrected chi connectivity index (χ2v) is 3.05. The van der Waals surface area contributed by atoms with E-state index in [9.17, 15) is 18.0 Å². The second kappa shape index (κ2) is 5.39. The van der Waals surface area contributed by atoms with Crippen LogP contribution in [0, 0.1) is 0 Å². The molecule has 0 radical (unpaired) electrons. The molecule has 0 saturated heterocycles. The molecule has 16 heavy (non-hydrogen) atoms. The molecular weight excluding hydrogens is 223 g/mol. The first-order valence-electron chi connectivity index (χ1n) is 4.47. The van der Waals surface area contributed by atoms with Crippen LogP contribution in [0.5, 0.6) is 5.75 Å². The Bertz CT molecular complexity index is 335. The Balaban J connectivity index is 2.48. The van der Waals surface area contributed by atoms with Crippen LogP contribution in [0.3, 0.4) is 0 Å². The van der Waals surface area contributed by atoms with Gasteiger partial charge in [-0.25, -0.2) is 0 Å². The molecular formula is C10H10F3NO2. The third kappa shape index (κ3) is 4.68. The first kappa shape index (κ1) is 12.4. The summed E-state index contributed by atoms with van der Waals surface area (Å²) in [5.41, 5.74) is 0.784. The van der Waals surface area contributed by atoms with Gasteiger partial charge in [0.25, 0.3) is 0 Å². The fourth-order valence-electron chi connectivity index (χ4n) is 1.03. The number of hydrogen-bond acceptors (Lipinski definition) is 2. The van der Waals surface area contributed by atoms with E-state index >= 15 is 0 Å². The molecule has 0 unspecified atom stereocenters. The smallest absolute Gasteiger partial charge is 0.422 e. The highest BCUT2D eigenvalue weighted by atomic mass is 19.4. The average Bonchev–Trinajstić information content (AvgIpc) is 2.24. The average molecular weight is 233 g/mol. The molecule has 0 saturated carbocycles.